The molecule has 4 N–H and O–H groups in total. The van der Waals surface area contributed by atoms with Crippen molar-refractivity contribution in [3.63, 3.8) is 0 Å². The minimum Gasteiger partial charge on any atom is -0.462 e. The summed E-state index contributed by atoms with van der Waals surface area (Å²) in [6, 6.07) is 0. The highest BCUT2D eigenvalue weighted by Gasteiger charge is 2.46. The van der Waals surface area contributed by atoms with E-state index in [1.54, 1.807) is 0 Å². The summed E-state index contributed by atoms with van der Waals surface area (Å²) in [5, 5.41) is 31.0. The molecule has 13 heteroatoms. The fraction of sp³-hybridized carbons (Fsp3) is 0.778. The second-order valence-corrected chi connectivity index (χ2v) is 19.7. The maximum atomic E-state index is 12.9. The van der Waals surface area contributed by atoms with E-state index in [2.05, 4.69) is 62.5 Å². The molecule has 0 bridgehead atoms. The first-order valence-electron chi connectivity index (χ1n) is 26.3. The molecule has 67 heavy (non-hydrogen) atoms. The average molecular weight is 967 g/mol. The highest BCUT2D eigenvalue weighted by atomic mass is 32.2. The third-order valence-electron chi connectivity index (χ3n) is 11.9. The van der Waals surface area contributed by atoms with E-state index in [0.29, 0.717) is 19.3 Å². The van der Waals surface area contributed by atoms with Gasteiger partial charge in [-0.1, -0.05) is 209 Å². The second kappa shape index (κ2) is 43.4. The molecule has 0 spiro atoms. The molecule has 0 aromatic heterocycles. The first-order valence-corrected chi connectivity index (χ1v) is 28.0. The van der Waals surface area contributed by atoms with Gasteiger partial charge in [-0.2, -0.15) is 8.42 Å². The van der Waals surface area contributed by atoms with E-state index >= 15 is 0 Å². The molecule has 2 unspecified atom stereocenters. The Hall–Kier alpha value is -2.65. The lowest BCUT2D eigenvalue weighted by Crippen LogP contribution is -2.60. The van der Waals surface area contributed by atoms with Crippen LogP contribution in [0.2, 0.25) is 0 Å². The Balaban J connectivity index is 2.38. The van der Waals surface area contributed by atoms with Gasteiger partial charge in [0.2, 0.25) is 0 Å². The molecule has 0 radical (unpaired) electrons. The smallest absolute Gasteiger partial charge is 0.306 e. The van der Waals surface area contributed by atoms with Crippen molar-refractivity contribution in [2.45, 2.75) is 250 Å². The lowest BCUT2D eigenvalue weighted by atomic mass is 10.00. The number of aliphatic hydroxyl groups is 3. The van der Waals surface area contributed by atoms with Crippen molar-refractivity contribution in [2.24, 2.45) is 0 Å². The van der Waals surface area contributed by atoms with Gasteiger partial charge < -0.3 is 34.3 Å². The zero-order valence-corrected chi connectivity index (χ0v) is 42.6. The monoisotopic (exact) mass is 967 g/mol. The maximum Gasteiger partial charge on any atom is 0.306 e. The number of allylic oxidation sites excluding steroid dienone is 10. The Morgan fingerprint density at radius 3 is 1.39 bits per heavy atom. The normalized spacial score (nSPS) is 19.8. The van der Waals surface area contributed by atoms with Crippen LogP contribution in [0.15, 0.2) is 60.8 Å². The van der Waals surface area contributed by atoms with E-state index in [9.17, 15) is 37.9 Å². The van der Waals surface area contributed by atoms with Crippen molar-refractivity contribution in [3.8, 4) is 0 Å². The number of esters is 2. The van der Waals surface area contributed by atoms with Crippen LogP contribution in [0.1, 0.15) is 213 Å². The zero-order chi connectivity index (χ0) is 49.1. The van der Waals surface area contributed by atoms with Gasteiger partial charge >= 0.3 is 11.9 Å². The molecule has 0 aromatic rings. The minimum absolute atomic E-state index is 0.140. The van der Waals surface area contributed by atoms with E-state index < -0.39 is 71.2 Å². The summed E-state index contributed by atoms with van der Waals surface area (Å²) in [6.45, 7) is 3.63. The number of rotatable bonds is 44. The van der Waals surface area contributed by atoms with E-state index in [4.69, 9.17) is 18.9 Å². The van der Waals surface area contributed by atoms with Crippen LogP contribution in [0.5, 0.6) is 0 Å². The molecule has 1 heterocycles. The number of unbranched alkanes of at least 4 members (excludes halogenated alkanes) is 22. The molecular formula is C54H94O12S. The lowest BCUT2D eigenvalue weighted by Gasteiger charge is -2.40. The van der Waals surface area contributed by atoms with Gasteiger partial charge in [-0.05, 0) is 51.4 Å². The quantitative estimate of drug-likeness (QED) is 0.0196. The van der Waals surface area contributed by atoms with Crippen LogP contribution in [0.25, 0.3) is 0 Å². The second-order valence-electron chi connectivity index (χ2n) is 18.2. The molecule has 1 fully saturated rings. The van der Waals surface area contributed by atoms with Gasteiger partial charge in [0.05, 0.1) is 6.61 Å². The summed E-state index contributed by atoms with van der Waals surface area (Å²) in [6.07, 6.45) is 45.6. The first kappa shape index (κ1) is 62.4. The summed E-state index contributed by atoms with van der Waals surface area (Å²) in [4.78, 5) is 25.5. The molecule has 388 valence electrons. The number of carbonyl (C=O) groups excluding carboxylic acids is 2. The third kappa shape index (κ3) is 37.9. The van der Waals surface area contributed by atoms with Crippen LogP contribution in [0.3, 0.4) is 0 Å². The van der Waals surface area contributed by atoms with E-state index in [1.165, 1.54) is 116 Å². The summed E-state index contributed by atoms with van der Waals surface area (Å²) in [5.41, 5.74) is 0. The SMILES string of the molecule is CC/C=C/C/C=C/C/C=C/C/C=C/C/C=C/CCCC(=O)OC[C@H](CO[C@H]1O[C@H](CS(=O)(=O)O)[C@@H](O)C(O)C1O)OC(=O)CCCCCCCCCCCCCCCCCCCCCCCC. The molecule has 12 nitrogen and oxygen atoms in total. The van der Waals surface area contributed by atoms with Crippen molar-refractivity contribution in [3.05, 3.63) is 60.8 Å². The number of aliphatic hydroxyl groups excluding tert-OH is 3. The molecule has 1 aliphatic rings. The molecule has 1 rings (SSSR count). The van der Waals surface area contributed by atoms with Crippen LogP contribution >= 0.6 is 0 Å². The fourth-order valence-electron chi connectivity index (χ4n) is 7.83. The first-order chi connectivity index (χ1) is 32.5. The van der Waals surface area contributed by atoms with E-state index in [-0.39, 0.29) is 19.4 Å². The average Bonchev–Trinajstić information content (AvgIpc) is 3.30. The van der Waals surface area contributed by atoms with Gasteiger partial charge in [0.15, 0.2) is 12.4 Å². The molecule has 0 aromatic carbocycles. The van der Waals surface area contributed by atoms with Crippen molar-refractivity contribution < 1.29 is 56.8 Å². The fourth-order valence-corrected chi connectivity index (χ4v) is 8.52. The van der Waals surface area contributed by atoms with Crippen molar-refractivity contribution in [1.82, 2.24) is 0 Å². The molecule has 0 saturated carbocycles. The summed E-state index contributed by atoms with van der Waals surface area (Å²) in [7, 11) is -4.61. The summed E-state index contributed by atoms with van der Waals surface area (Å²) in [5.74, 6) is -2.05. The highest BCUT2D eigenvalue weighted by Crippen LogP contribution is 2.24. The van der Waals surface area contributed by atoms with Gasteiger partial charge in [0, 0.05) is 12.8 Å². The largest absolute Gasteiger partial charge is 0.462 e. The summed E-state index contributed by atoms with van der Waals surface area (Å²) < 4.78 is 54.2. The number of carbonyl (C=O) groups is 2. The lowest BCUT2D eigenvalue weighted by molar-refractivity contribution is -0.297. The Kier molecular flexibility index (Phi) is 40.4. The third-order valence-corrected chi connectivity index (χ3v) is 12.6. The van der Waals surface area contributed by atoms with Gasteiger partial charge in [0.1, 0.15) is 36.8 Å². The Bertz CT molecular complexity index is 1460. The van der Waals surface area contributed by atoms with Gasteiger partial charge in [-0.25, -0.2) is 0 Å². The zero-order valence-electron chi connectivity index (χ0n) is 41.7. The van der Waals surface area contributed by atoms with Crippen molar-refractivity contribution in [1.29, 1.82) is 0 Å². The Morgan fingerprint density at radius 2 is 0.940 bits per heavy atom. The minimum atomic E-state index is -4.61. The molecular weight excluding hydrogens is 873 g/mol. The Morgan fingerprint density at radius 1 is 0.522 bits per heavy atom. The van der Waals surface area contributed by atoms with Crippen LogP contribution in [0, 0.1) is 0 Å². The van der Waals surface area contributed by atoms with Gasteiger partial charge in [-0.3, -0.25) is 14.1 Å². The van der Waals surface area contributed by atoms with Gasteiger partial charge in [0.25, 0.3) is 10.1 Å². The van der Waals surface area contributed by atoms with Crippen molar-refractivity contribution in [2.75, 3.05) is 19.0 Å². The number of hydrogen-bond acceptors (Lipinski definition) is 11. The van der Waals surface area contributed by atoms with Crippen LogP contribution in [-0.4, -0.2) is 96.0 Å². The standard InChI is InChI=1S/C54H94O12S/c1-3-5-7-9-11-13-15-17-19-21-22-23-24-25-27-29-31-33-35-37-39-41-43-50(56)65-47(45-64-54-53(59)52(58)51(57)48(66-54)46-67(60,61)62)44-63-49(55)42-40-38-36-34-32-30-28-26-20-18-16-14-12-10-8-6-4-2/h6,8,12,14,18,20,28,30,34,36,47-48,51-54,57-59H,3-5,7,9-11,13,15-17,19,21-27,29,31-33,35,37-46H2,1-2H3,(H,60,61,62)/b8-6+,14-12+,20-18+,30-28+,36-34+/t47-,48-,51-,52?,53?,54+/m1/s1. The van der Waals surface area contributed by atoms with Gasteiger partial charge in [-0.15, -0.1) is 0 Å². The predicted octanol–water partition coefficient (Wildman–Crippen LogP) is 12.1. The Labute approximate surface area is 406 Å². The van der Waals surface area contributed by atoms with Crippen LogP contribution in [-0.2, 0) is 38.7 Å². The van der Waals surface area contributed by atoms with Crippen LogP contribution < -0.4 is 0 Å². The number of ether oxygens (including phenoxy) is 4. The number of hydrogen-bond donors (Lipinski definition) is 4. The van der Waals surface area contributed by atoms with Crippen molar-refractivity contribution >= 4 is 22.1 Å². The maximum absolute atomic E-state index is 12.9. The topological polar surface area (TPSA) is 186 Å². The molecule has 6 atom stereocenters. The summed E-state index contributed by atoms with van der Waals surface area (Å²) >= 11 is 0. The highest BCUT2D eigenvalue weighted by molar-refractivity contribution is 7.85. The molecule has 1 aliphatic heterocycles. The predicted molar refractivity (Wildman–Crippen MR) is 270 cm³/mol. The molecule has 0 amide bonds. The molecule has 1 saturated heterocycles. The van der Waals surface area contributed by atoms with E-state index in [0.717, 1.165) is 51.4 Å². The molecule has 0 aliphatic carbocycles. The van der Waals surface area contributed by atoms with E-state index in [1.807, 2.05) is 12.2 Å². The van der Waals surface area contributed by atoms with Crippen LogP contribution in [0.4, 0.5) is 0 Å².